The van der Waals surface area contributed by atoms with Gasteiger partial charge in [-0.3, -0.25) is 14.4 Å². The smallest absolute Gasteiger partial charge is 0.251 e. The van der Waals surface area contributed by atoms with Crippen molar-refractivity contribution in [3.63, 3.8) is 0 Å². The average Bonchev–Trinajstić information content (AvgIpc) is 2.82. The first-order chi connectivity index (χ1) is 16.5. The molecule has 0 bridgehead atoms. The zero-order chi connectivity index (χ0) is 25.8. The van der Waals surface area contributed by atoms with Crippen LogP contribution in [-0.4, -0.2) is 48.3 Å². The van der Waals surface area contributed by atoms with Gasteiger partial charge in [-0.15, -0.1) is 0 Å². The summed E-state index contributed by atoms with van der Waals surface area (Å²) in [6.45, 7) is 11.8. The number of carbonyl (C=O) groups is 3. The molecule has 2 N–H and O–H groups in total. The molecule has 0 saturated carbocycles. The van der Waals surface area contributed by atoms with E-state index < -0.39 is 6.04 Å². The van der Waals surface area contributed by atoms with E-state index in [-0.39, 0.29) is 29.1 Å². The zero-order valence-corrected chi connectivity index (χ0v) is 22.0. The number of piperidine rings is 1. The monoisotopic (exact) mass is 497 g/mol. The largest absolute Gasteiger partial charge is 0.352 e. The molecule has 0 radical (unpaired) electrons. The lowest BCUT2D eigenvalue weighted by Gasteiger charge is -2.45. The van der Waals surface area contributed by atoms with E-state index in [1.807, 2.05) is 37.8 Å². The Bertz CT molecular complexity index is 1070. The van der Waals surface area contributed by atoms with E-state index >= 15 is 0 Å². The minimum atomic E-state index is -0.654. The molecule has 1 heterocycles. The normalized spacial score (nSPS) is 18.1. The number of amides is 3. The molecule has 2 aromatic carbocycles. The first-order valence-electron chi connectivity index (χ1n) is 12.3. The number of carbonyl (C=O) groups excluding carboxylic acids is 3. The molecule has 3 amide bonds. The second kappa shape index (κ2) is 11.3. The number of likely N-dealkylation sites (tertiary alicyclic amines) is 1. The number of rotatable bonds is 7. The average molecular weight is 498 g/mol. The van der Waals surface area contributed by atoms with Crippen LogP contribution in [0.4, 0.5) is 0 Å². The van der Waals surface area contributed by atoms with Gasteiger partial charge in [0.2, 0.25) is 5.91 Å². The second-order valence-electron chi connectivity index (χ2n) is 10.3. The van der Waals surface area contributed by atoms with Crippen molar-refractivity contribution in [3.8, 4) is 0 Å². The SMILES string of the molecule is CCNC(=O)c1cccc(C(=O)NC(C(=O)N2CCC(c3ccc(Cl)cc3)C(C)(C)C2)C(C)C)c1. The zero-order valence-electron chi connectivity index (χ0n) is 21.2. The van der Waals surface area contributed by atoms with Crippen LogP contribution in [0.25, 0.3) is 0 Å². The van der Waals surface area contributed by atoms with Crippen molar-refractivity contribution in [2.24, 2.45) is 11.3 Å². The van der Waals surface area contributed by atoms with Gasteiger partial charge < -0.3 is 15.5 Å². The van der Waals surface area contributed by atoms with Crippen molar-refractivity contribution in [2.45, 2.75) is 53.0 Å². The Labute approximate surface area is 213 Å². The van der Waals surface area contributed by atoms with Crippen LogP contribution in [0, 0.1) is 11.3 Å². The number of benzene rings is 2. The number of hydrogen-bond donors (Lipinski definition) is 2. The summed E-state index contributed by atoms with van der Waals surface area (Å²) in [6.07, 6.45) is 0.841. The third-order valence-corrected chi connectivity index (χ3v) is 7.01. The molecule has 2 atom stereocenters. The highest BCUT2D eigenvalue weighted by Gasteiger charge is 2.40. The van der Waals surface area contributed by atoms with Gasteiger partial charge in [0.1, 0.15) is 6.04 Å². The van der Waals surface area contributed by atoms with Gasteiger partial charge in [-0.05, 0) is 66.5 Å². The Morgan fingerprint density at radius 1 is 1.06 bits per heavy atom. The number of halogens is 1. The highest BCUT2D eigenvalue weighted by molar-refractivity contribution is 6.30. The molecule has 1 aliphatic rings. The van der Waals surface area contributed by atoms with Gasteiger partial charge in [0.05, 0.1) is 0 Å². The minimum absolute atomic E-state index is 0.0733. The summed E-state index contributed by atoms with van der Waals surface area (Å²) in [7, 11) is 0. The van der Waals surface area contributed by atoms with E-state index in [1.165, 1.54) is 5.56 Å². The molecule has 188 valence electrons. The fraction of sp³-hybridized carbons (Fsp3) is 0.464. The van der Waals surface area contributed by atoms with Crippen molar-refractivity contribution in [2.75, 3.05) is 19.6 Å². The molecule has 1 fully saturated rings. The maximum absolute atomic E-state index is 13.6. The molecule has 2 aromatic rings. The summed E-state index contributed by atoms with van der Waals surface area (Å²) in [4.78, 5) is 40.7. The van der Waals surface area contributed by atoms with Crippen molar-refractivity contribution in [3.05, 3.63) is 70.2 Å². The van der Waals surface area contributed by atoms with Crippen LogP contribution < -0.4 is 10.6 Å². The molecule has 6 nitrogen and oxygen atoms in total. The van der Waals surface area contributed by atoms with Crippen LogP contribution in [0.1, 0.15) is 73.2 Å². The first kappa shape index (κ1) is 26.7. The van der Waals surface area contributed by atoms with E-state index in [9.17, 15) is 14.4 Å². The van der Waals surface area contributed by atoms with Gasteiger partial charge in [-0.2, -0.15) is 0 Å². The van der Waals surface area contributed by atoms with Gasteiger partial charge in [-0.25, -0.2) is 0 Å². The fourth-order valence-corrected chi connectivity index (χ4v) is 4.98. The van der Waals surface area contributed by atoms with Crippen molar-refractivity contribution in [1.29, 1.82) is 0 Å². The third-order valence-electron chi connectivity index (χ3n) is 6.76. The van der Waals surface area contributed by atoms with Gasteiger partial charge in [0, 0.05) is 35.8 Å². The summed E-state index contributed by atoms with van der Waals surface area (Å²) >= 11 is 6.07. The molecular weight excluding hydrogens is 462 g/mol. The number of hydrogen-bond acceptors (Lipinski definition) is 3. The van der Waals surface area contributed by atoms with Gasteiger partial charge in [-0.1, -0.05) is 57.5 Å². The van der Waals surface area contributed by atoms with E-state index in [1.54, 1.807) is 24.3 Å². The lowest BCUT2D eigenvalue weighted by Crippen LogP contribution is -2.55. The van der Waals surface area contributed by atoms with Crippen molar-refractivity contribution >= 4 is 29.3 Å². The first-order valence-corrected chi connectivity index (χ1v) is 12.6. The van der Waals surface area contributed by atoms with Crippen LogP contribution in [0.15, 0.2) is 48.5 Å². The second-order valence-corrected chi connectivity index (χ2v) is 10.7. The van der Waals surface area contributed by atoms with Crippen LogP contribution in [-0.2, 0) is 4.79 Å². The quantitative estimate of drug-likeness (QED) is 0.571. The Morgan fingerprint density at radius 2 is 1.69 bits per heavy atom. The molecule has 1 saturated heterocycles. The maximum Gasteiger partial charge on any atom is 0.251 e. The van der Waals surface area contributed by atoms with E-state index in [0.29, 0.717) is 41.7 Å². The van der Waals surface area contributed by atoms with Crippen molar-refractivity contribution in [1.82, 2.24) is 15.5 Å². The summed E-state index contributed by atoms with van der Waals surface area (Å²) in [6, 6.07) is 13.9. The molecular formula is C28H36ClN3O3. The van der Waals surface area contributed by atoms with E-state index in [2.05, 4.69) is 36.6 Å². The van der Waals surface area contributed by atoms with Crippen LogP contribution in [0.2, 0.25) is 5.02 Å². The van der Waals surface area contributed by atoms with Gasteiger partial charge in [0.25, 0.3) is 11.8 Å². The summed E-state index contributed by atoms with van der Waals surface area (Å²) < 4.78 is 0. The van der Waals surface area contributed by atoms with Crippen LogP contribution >= 0.6 is 11.6 Å². The number of nitrogens with zero attached hydrogens (tertiary/aromatic N) is 1. The minimum Gasteiger partial charge on any atom is -0.352 e. The highest BCUT2D eigenvalue weighted by atomic mass is 35.5. The molecule has 1 aliphatic heterocycles. The standard InChI is InChI=1S/C28H36ClN3O3/c1-6-30-25(33)20-8-7-9-21(16-20)26(34)31-24(18(2)3)27(35)32-15-14-23(28(4,5)17-32)19-10-12-22(29)13-11-19/h7-13,16,18,23-24H,6,14-15,17H2,1-5H3,(H,30,33)(H,31,34). The predicted octanol–water partition coefficient (Wildman–Crippen LogP) is 4.89. The molecule has 2 unspecified atom stereocenters. The Hall–Kier alpha value is -2.86. The third kappa shape index (κ3) is 6.43. The Balaban J connectivity index is 1.72. The summed E-state index contributed by atoms with van der Waals surface area (Å²) in [5.41, 5.74) is 1.87. The molecule has 3 rings (SSSR count). The molecule has 7 heteroatoms. The molecule has 0 spiro atoms. The number of nitrogens with one attached hydrogen (secondary N) is 2. The van der Waals surface area contributed by atoms with E-state index in [4.69, 9.17) is 11.6 Å². The van der Waals surface area contributed by atoms with Crippen molar-refractivity contribution < 1.29 is 14.4 Å². The van der Waals surface area contributed by atoms with Gasteiger partial charge in [0.15, 0.2) is 0 Å². The Kier molecular flexibility index (Phi) is 8.60. The summed E-state index contributed by atoms with van der Waals surface area (Å²) in [5.74, 6) is -0.443. The van der Waals surface area contributed by atoms with Crippen LogP contribution in [0.5, 0.6) is 0 Å². The fourth-order valence-electron chi connectivity index (χ4n) is 4.86. The maximum atomic E-state index is 13.6. The molecule has 0 aromatic heterocycles. The predicted molar refractivity (Wildman–Crippen MR) is 140 cm³/mol. The molecule has 0 aliphatic carbocycles. The lowest BCUT2D eigenvalue weighted by molar-refractivity contribution is -0.137. The van der Waals surface area contributed by atoms with Crippen LogP contribution in [0.3, 0.4) is 0 Å². The summed E-state index contributed by atoms with van der Waals surface area (Å²) in [5, 5.41) is 6.38. The highest BCUT2D eigenvalue weighted by Crippen LogP contribution is 2.42. The Morgan fingerprint density at radius 3 is 2.26 bits per heavy atom. The molecule has 35 heavy (non-hydrogen) atoms. The topological polar surface area (TPSA) is 78.5 Å². The van der Waals surface area contributed by atoms with E-state index in [0.717, 1.165) is 6.42 Å². The van der Waals surface area contributed by atoms with Gasteiger partial charge >= 0.3 is 0 Å². The lowest BCUT2D eigenvalue weighted by atomic mass is 9.70.